The quantitative estimate of drug-likeness (QED) is 0.788. The second kappa shape index (κ2) is 7.86. The van der Waals surface area contributed by atoms with Crippen LogP contribution in [-0.2, 0) is 16.0 Å². The predicted octanol–water partition coefficient (Wildman–Crippen LogP) is 2.32. The van der Waals surface area contributed by atoms with Crippen molar-refractivity contribution in [3.8, 4) is 5.75 Å². The van der Waals surface area contributed by atoms with Crippen LogP contribution in [0.25, 0.3) is 0 Å². The van der Waals surface area contributed by atoms with Gasteiger partial charge in [0, 0.05) is 13.7 Å². The molecule has 1 aromatic heterocycles. The zero-order chi connectivity index (χ0) is 18.6. The Morgan fingerprint density at radius 3 is 2.81 bits per heavy atom. The molecule has 2 aromatic rings. The minimum Gasteiger partial charge on any atom is -0.490 e. The van der Waals surface area contributed by atoms with Crippen molar-refractivity contribution in [2.24, 2.45) is 0 Å². The number of nitrogens with zero attached hydrogens (tertiary/aromatic N) is 3. The van der Waals surface area contributed by atoms with E-state index in [1.807, 2.05) is 36.1 Å². The highest BCUT2D eigenvalue weighted by Crippen LogP contribution is 2.27. The summed E-state index contributed by atoms with van der Waals surface area (Å²) in [5.74, 6) is 0.845. The van der Waals surface area contributed by atoms with E-state index in [-0.39, 0.29) is 12.3 Å². The summed E-state index contributed by atoms with van der Waals surface area (Å²) in [5, 5.41) is 7.53. The van der Waals surface area contributed by atoms with Crippen molar-refractivity contribution in [1.29, 1.82) is 0 Å². The van der Waals surface area contributed by atoms with Crippen LogP contribution in [0.4, 0.5) is 0 Å². The van der Waals surface area contributed by atoms with Crippen LogP contribution in [0.15, 0.2) is 28.9 Å². The summed E-state index contributed by atoms with van der Waals surface area (Å²) in [7, 11) is 1.68. The number of likely N-dealkylation sites (tertiary alicyclic amines) is 1. The lowest BCUT2D eigenvalue weighted by atomic mass is 9.93. The minimum absolute atomic E-state index is 0.000756. The van der Waals surface area contributed by atoms with Crippen LogP contribution < -0.4 is 4.74 Å². The maximum atomic E-state index is 12.7. The zero-order valence-corrected chi connectivity index (χ0v) is 15.5. The zero-order valence-electron chi connectivity index (χ0n) is 15.5. The fraction of sp³-hybridized carbons (Fsp3) is 0.526. The normalized spacial score (nSPS) is 20.2. The van der Waals surface area contributed by atoms with Gasteiger partial charge in [-0.05, 0) is 38.3 Å². The number of methoxy groups -OCH3 is 1. The van der Waals surface area contributed by atoms with Gasteiger partial charge in [0.1, 0.15) is 29.3 Å². The summed E-state index contributed by atoms with van der Waals surface area (Å²) in [6, 6.07) is 7.90. The highest BCUT2D eigenvalue weighted by molar-refractivity contribution is 5.78. The molecule has 0 radical (unpaired) electrons. The van der Waals surface area contributed by atoms with Gasteiger partial charge >= 0.3 is 0 Å². The summed E-state index contributed by atoms with van der Waals surface area (Å²) in [6.07, 6.45) is 1.91. The first-order valence-corrected chi connectivity index (χ1v) is 8.82. The number of hydrogen-bond donors (Lipinski definition) is 0. The molecule has 0 N–H and O–H groups in total. The van der Waals surface area contributed by atoms with Crippen LogP contribution in [0.5, 0.6) is 5.75 Å². The Hall–Kier alpha value is -2.41. The van der Waals surface area contributed by atoms with E-state index in [1.54, 1.807) is 14.0 Å². The lowest BCUT2D eigenvalue weighted by Gasteiger charge is -2.41. The molecule has 1 amide bonds. The lowest BCUT2D eigenvalue weighted by Crippen LogP contribution is -2.54. The van der Waals surface area contributed by atoms with Crippen LogP contribution in [-0.4, -0.2) is 53.5 Å². The molecule has 7 heteroatoms. The van der Waals surface area contributed by atoms with E-state index >= 15 is 0 Å². The molecule has 0 unspecified atom stereocenters. The first kappa shape index (κ1) is 18.4. The third-order valence-electron chi connectivity index (χ3n) is 4.97. The Bertz CT molecular complexity index is 761. The molecule has 7 nitrogen and oxygen atoms in total. The molecular weight excluding hydrogens is 334 g/mol. The van der Waals surface area contributed by atoms with Gasteiger partial charge in [-0.15, -0.1) is 0 Å². The van der Waals surface area contributed by atoms with Crippen molar-refractivity contribution < 1.29 is 18.9 Å². The number of aromatic nitrogens is 2. The molecule has 0 spiro atoms. The van der Waals surface area contributed by atoms with Gasteiger partial charge in [-0.1, -0.05) is 28.5 Å². The standard InChI is InChI=1S/C19H25N3O4/c1-14-7-4-5-8-17(14)25-13-19(24-3)9-6-10-22(12-19)18(23)11-16-15(2)20-26-21-16/h4-5,7-8H,6,9-13H2,1-3H3/t19-/m1/s1. The SMILES string of the molecule is CO[C@]1(COc2ccccc2C)CCCN(C(=O)Cc2nonc2C)C1. The fourth-order valence-corrected chi connectivity index (χ4v) is 3.25. The Labute approximate surface area is 153 Å². The Morgan fingerprint density at radius 1 is 1.31 bits per heavy atom. The number of amides is 1. The number of ether oxygens (including phenoxy) is 2. The second-order valence-electron chi connectivity index (χ2n) is 6.83. The molecule has 3 rings (SSSR count). The van der Waals surface area contributed by atoms with Crippen molar-refractivity contribution in [2.75, 3.05) is 26.8 Å². The third-order valence-corrected chi connectivity index (χ3v) is 4.97. The molecule has 1 aliphatic rings. The molecule has 1 atom stereocenters. The van der Waals surface area contributed by atoms with E-state index < -0.39 is 5.60 Å². The van der Waals surface area contributed by atoms with Gasteiger partial charge in [0.15, 0.2) is 0 Å². The number of piperidine rings is 1. The van der Waals surface area contributed by atoms with Gasteiger partial charge in [-0.3, -0.25) is 4.79 Å². The van der Waals surface area contributed by atoms with Gasteiger partial charge in [-0.25, -0.2) is 4.63 Å². The van der Waals surface area contributed by atoms with E-state index in [0.29, 0.717) is 31.1 Å². The lowest BCUT2D eigenvalue weighted by molar-refractivity contribution is -0.142. The van der Waals surface area contributed by atoms with Crippen molar-refractivity contribution in [3.05, 3.63) is 41.2 Å². The van der Waals surface area contributed by atoms with Crippen LogP contribution in [0.3, 0.4) is 0 Å². The smallest absolute Gasteiger partial charge is 0.228 e. The molecule has 1 saturated heterocycles. The van der Waals surface area contributed by atoms with Gasteiger partial charge in [0.05, 0.1) is 13.0 Å². The summed E-state index contributed by atoms with van der Waals surface area (Å²) in [4.78, 5) is 14.5. The van der Waals surface area contributed by atoms with E-state index in [2.05, 4.69) is 14.9 Å². The monoisotopic (exact) mass is 359 g/mol. The Balaban J connectivity index is 1.65. The predicted molar refractivity (Wildman–Crippen MR) is 95.0 cm³/mol. The van der Waals surface area contributed by atoms with Crippen LogP contribution in [0, 0.1) is 13.8 Å². The number of para-hydroxylation sites is 1. The van der Waals surface area contributed by atoms with Crippen LogP contribution in [0.2, 0.25) is 0 Å². The largest absolute Gasteiger partial charge is 0.490 e. The molecule has 0 aliphatic carbocycles. The van der Waals surface area contributed by atoms with Gasteiger partial charge in [-0.2, -0.15) is 0 Å². The average Bonchev–Trinajstić information content (AvgIpc) is 3.06. The van der Waals surface area contributed by atoms with Crippen LogP contribution >= 0.6 is 0 Å². The Kier molecular flexibility index (Phi) is 5.56. The number of hydrogen-bond acceptors (Lipinski definition) is 6. The molecule has 1 fully saturated rings. The van der Waals surface area contributed by atoms with Gasteiger partial charge in [0.25, 0.3) is 0 Å². The molecule has 140 valence electrons. The van der Waals surface area contributed by atoms with E-state index in [4.69, 9.17) is 9.47 Å². The molecule has 2 heterocycles. The maximum Gasteiger partial charge on any atom is 0.228 e. The highest BCUT2D eigenvalue weighted by Gasteiger charge is 2.38. The van der Waals surface area contributed by atoms with Crippen molar-refractivity contribution >= 4 is 5.91 Å². The number of carbonyl (C=O) groups excluding carboxylic acids is 1. The number of rotatable bonds is 6. The summed E-state index contributed by atoms with van der Waals surface area (Å²) in [6.45, 7) is 5.41. The third kappa shape index (κ3) is 4.04. The summed E-state index contributed by atoms with van der Waals surface area (Å²) < 4.78 is 16.5. The van der Waals surface area contributed by atoms with Gasteiger partial charge < -0.3 is 14.4 Å². The van der Waals surface area contributed by atoms with Crippen molar-refractivity contribution in [3.63, 3.8) is 0 Å². The molecule has 1 aromatic carbocycles. The number of benzene rings is 1. The van der Waals surface area contributed by atoms with E-state index in [9.17, 15) is 4.79 Å². The average molecular weight is 359 g/mol. The minimum atomic E-state index is -0.507. The molecule has 1 aliphatic heterocycles. The van der Waals surface area contributed by atoms with E-state index in [0.717, 1.165) is 24.2 Å². The van der Waals surface area contributed by atoms with E-state index in [1.165, 1.54) is 0 Å². The molecule has 0 bridgehead atoms. The van der Waals surface area contributed by atoms with Crippen LogP contribution in [0.1, 0.15) is 29.8 Å². The number of aryl methyl sites for hydroxylation is 2. The Morgan fingerprint density at radius 2 is 2.12 bits per heavy atom. The highest BCUT2D eigenvalue weighted by atomic mass is 16.6. The summed E-state index contributed by atoms with van der Waals surface area (Å²) >= 11 is 0. The maximum absolute atomic E-state index is 12.7. The van der Waals surface area contributed by atoms with Crippen molar-refractivity contribution in [2.45, 2.75) is 38.7 Å². The number of carbonyl (C=O) groups is 1. The topological polar surface area (TPSA) is 77.7 Å². The molecular formula is C19H25N3O4. The fourth-order valence-electron chi connectivity index (χ4n) is 3.25. The first-order chi connectivity index (χ1) is 12.5. The second-order valence-corrected chi connectivity index (χ2v) is 6.83. The molecule has 0 saturated carbocycles. The van der Waals surface area contributed by atoms with Gasteiger partial charge in [0.2, 0.25) is 5.91 Å². The van der Waals surface area contributed by atoms with Crippen molar-refractivity contribution in [1.82, 2.24) is 15.2 Å². The first-order valence-electron chi connectivity index (χ1n) is 8.82. The summed E-state index contributed by atoms with van der Waals surface area (Å²) in [5.41, 5.74) is 1.81. The molecule has 26 heavy (non-hydrogen) atoms.